The van der Waals surface area contributed by atoms with E-state index in [9.17, 15) is 10.1 Å². The van der Waals surface area contributed by atoms with Crippen molar-refractivity contribution in [2.24, 2.45) is 0 Å². The molecule has 0 bridgehead atoms. The van der Waals surface area contributed by atoms with Gasteiger partial charge in [-0.15, -0.1) is 0 Å². The second-order valence-corrected chi connectivity index (χ2v) is 4.12. The highest BCUT2D eigenvalue weighted by Crippen LogP contribution is 2.25. The van der Waals surface area contributed by atoms with Gasteiger partial charge in [0.1, 0.15) is 18.2 Å². The van der Waals surface area contributed by atoms with E-state index in [-0.39, 0.29) is 5.69 Å². The first-order chi connectivity index (χ1) is 8.06. The first-order valence-corrected chi connectivity index (χ1v) is 5.46. The predicted molar refractivity (Wildman–Crippen MR) is 58.8 cm³/mol. The molecule has 0 atom stereocenters. The van der Waals surface area contributed by atoms with Gasteiger partial charge in [0, 0.05) is 11.8 Å². The molecule has 0 saturated carbocycles. The zero-order valence-electron chi connectivity index (χ0n) is 9.08. The van der Waals surface area contributed by atoms with Gasteiger partial charge in [-0.25, -0.2) is 15.0 Å². The van der Waals surface area contributed by atoms with Gasteiger partial charge >= 0.3 is 5.69 Å². The van der Waals surface area contributed by atoms with Gasteiger partial charge in [-0.3, -0.25) is 10.1 Å². The fraction of sp³-hybridized carbons (Fsp3) is 0.222. The van der Waals surface area contributed by atoms with Crippen molar-refractivity contribution in [3.63, 3.8) is 0 Å². The molecule has 0 unspecified atom stereocenters. The van der Waals surface area contributed by atoms with Crippen LogP contribution < -0.4 is 0 Å². The largest absolute Gasteiger partial charge is 0.436 e. The van der Waals surface area contributed by atoms with Crippen LogP contribution >= 0.6 is 11.8 Å². The van der Waals surface area contributed by atoms with Crippen LogP contribution in [0.25, 0.3) is 0 Å². The fourth-order valence-electron chi connectivity index (χ4n) is 1.02. The SMILES string of the molecule is Cc1nc(Sc2ncc([N+](=O)[O-])cn2)oc1C. The average molecular weight is 252 g/mol. The molecule has 7 nitrogen and oxygen atoms in total. The van der Waals surface area contributed by atoms with E-state index in [2.05, 4.69) is 15.0 Å². The number of hydrogen-bond acceptors (Lipinski definition) is 7. The Morgan fingerprint density at radius 2 is 2.00 bits per heavy atom. The topological polar surface area (TPSA) is 95.0 Å². The smallest absolute Gasteiger partial charge is 0.305 e. The van der Waals surface area contributed by atoms with Gasteiger partial charge in [0.25, 0.3) is 5.22 Å². The molecular weight excluding hydrogens is 244 g/mol. The van der Waals surface area contributed by atoms with Gasteiger partial charge in [-0.1, -0.05) is 0 Å². The molecule has 0 aliphatic carbocycles. The molecule has 0 N–H and O–H groups in total. The van der Waals surface area contributed by atoms with Gasteiger partial charge in [-0.05, 0) is 13.8 Å². The minimum atomic E-state index is -0.548. The van der Waals surface area contributed by atoms with Gasteiger partial charge in [-0.2, -0.15) is 0 Å². The zero-order valence-corrected chi connectivity index (χ0v) is 9.89. The summed E-state index contributed by atoms with van der Waals surface area (Å²) in [5.74, 6) is 0.731. The summed E-state index contributed by atoms with van der Waals surface area (Å²) in [6, 6.07) is 0. The third-order valence-electron chi connectivity index (χ3n) is 2.01. The van der Waals surface area contributed by atoms with Crippen LogP contribution in [0.3, 0.4) is 0 Å². The van der Waals surface area contributed by atoms with Gasteiger partial charge < -0.3 is 4.42 Å². The van der Waals surface area contributed by atoms with Crippen molar-refractivity contribution in [1.29, 1.82) is 0 Å². The fourth-order valence-corrected chi connectivity index (χ4v) is 1.74. The van der Waals surface area contributed by atoms with Gasteiger partial charge in [0.05, 0.1) is 10.6 Å². The minimum absolute atomic E-state index is 0.144. The number of nitrogens with zero attached hydrogens (tertiary/aromatic N) is 4. The Morgan fingerprint density at radius 1 is 1.35 bits per heavy atom. The molecule has 0 aliphatic heterocycles. The molecular formula is C9H8N4O3S. The summed E-state index contributed by atoms with van der Waals surface area (Å²) >= 11 is 1.12. The van der Waals surface area contributed by atoms with E-state index >= 15 is 0 Å². The second kappa shape index (κ2) is 4.50. The summed E-state index contributed by atoms with van der Waals surface area (Å²) in [4.78, 5) is 21.7. The molecule has 0 saturated heterocycles. The van der Waals surface area contributed by atoms with Crippen molar-refractivity contribution >= 4 is 17.4 Å². The Kier molecular flexibility index (Phi) is 3.05. The van der Waals surface area contributed by atoms with Gasteiger partial charge in [0.2, 0.25) is 0 Å². The van der Waals surface area contributed by atoms with Crippen LogP contribution in [0.15, 0.2) is 27.2 Å². The van der Waals surface area contributed by atoms with E-state index in [1.165, 1.54) is 0 Å². The number of nitro groups is 1. The third kappa shape index (κ3) is 2.59. The Hall–Kier alpha value is -1.96. The van der Waals surface area contributed by atoms with Crippen LogP contribution in [0, 0.1) is 24.0 Å². The lowest BCUT2D eigenvalue weighted by Crippen LogP contribution is -1.92. The number of aryl methyl sites for hydroxylation is 2. The van der Waals surface area contributed by atoms with Gasteiger partial charge in [0.15, 0.2) is 5.16 Å². The van der Waals surface area contributed by atoms with Crippen molar-refractivity contribution in [3.05, 3.63) is 34.0 Å². The maximum atomic E-state index is 10.4. The van der Waals surface area contributed by atoms with Crippen LogP contribution in [0.1, 0.15) is 11.5 Å². The highest BCUT2D eigenvalue weighted by Gasteiger charge is 2.11. The molecule has 0 radical (unpaired) electrons. The number of oxazole rings is 1. The highest BCUT2D eigenvalue weighted by molar-refractivity contribution is 7.98. The van der Waals surface area contributed by atoms with Crippen molar-refractivity contribution < 1.29 is 9.34 Å². The maximum Gasteiger partial charge on any atom is 0.305 e. The number of hydrogen-bond donors (Lipinski definition) is 0. The van der Waals surface area contributed by atoms with E-state index < -0.39 is 4.92 Å². The summed E-state index contributed by atoms with van der Waals surface area (Å²) in [6.45, 7) is 3.64. The molecule has 88 valence electrons. The minimum Gasteiger partial charge on any atom is -0.436 e. The monoisotopic (exact) mass is 252 g/mol. The summed E-state index contributed by atoms with van der Waals surface area (Å²) < 4.78 is 5.33. The lowest BCUT2D eigenvalue weighted by molar-refractivity contribution is -0.385. The van der Waals surface area contributed by atoms with Crippen molar-refractivity contribution in [3.8, 4) is 0 Å². The van der Waals surface area contributed by atoms with Crippen LogP contribution in [0.2, 0.25) is 0 Å². The van der Waals surface area contributed by atoms with Crippen LogP contribution in [-0.2, 0) is 0 Å². The Morgan fingerprint density at radius 3 is 2.47 bits per heavy atom. The molecule has 0 spiro atoms. The summed E-state index contributed by atoms with van der Waals surface area (Å²) in [5.41, 5.74) is 0.656. The Labute approximate surface area is 100 Å². The van der Waals surface area contributed by atoms with E-state index in [0.717, 1.165) is 35.6 Å². The molecule has 0 fully saturated rings. The van der Waals surface area contributed by atoms with E-state index in [4.69, 9.17) is 4.42 Å². The molecule has 2 aromatic rings. The molecule has 0 aromatic carbocycles. The van der Waals surface area contributed by atoms with Crippen LogP contribution in [-0.4, -0.2) is 19.9 Å². The van der Waals surface area contributed by atoms with E-state index in [1.54, 1.807) is 0 Å². The maximum absolute atomic E-state index is 10.4. The molecule has 0 amide bonds. The quantitative estimate of drug-likeness (QED) is 0.469. The molecule has 2 rings (SSSR count). The average Bonchev–Trinajstić information content (AvgIpc) is 2.58. The first-order valence-electron chi connectivity index (χ1n) is 4.64. The molecule has 17 heavy (non-hydrogen) atoms. The normalized spacial score (nSPS) is 10.5. The zero-order chi connectivity index (χ0) is 12.4. The number of rotatable bonds is 3. The van der Waals surface area contributed by atoms with E-state index in [1.807, 2.05) is 13.8 Å². The van der Waals surface area contributed by atoms with Crippen LogP contribution in [0.5, 0.6) is 0 Å². The second-order valence-electron chi connectivity index (χ2n) is 3.20. The molecule has 2 heterocycles. The standard InChI is InChI=1S/C9H8N4O3S/c1-5-6(2)16-9(12-5)17-8-10-3-7(4-11-8)13(14)15/h3-4H,1-2H3. The Balaban J connectivity index is 2.16. The van der Waals surface area contributed by atoms with Crippen LogP contribution in [0.4, 0.5) is 5.69 Å². The van der Waals surface area contributed by atoms with Crippen molar-refractivity contribution in [1.82, 2.24) is 15.0 Å². The highest BCUT2D eigenvalue weighted by atomic mass is 32.2. The summed E-state index contributed by atoms with van der Waals surface area (Å²) in [5, 5.41) is 11.2. The third-order valence-corrected chi connectivity index (χ3v) is 2.76. The summed E-state index contributed by atoms with van der Waals surface area (Å²) in [6.07, 6.45) is 2.30. The lowest BCUT2D eigenvalue weighted by atomic mass is 10.4. The lowest BCUT2D eigenvalue weighted by Gasteiger charge is -1.94. The molecule has 8 heteroatoms. The van der Waals surface area contributed by atoms with Crippen molar-refractivity contribution in [2.75, 3.05) is 0 Å². The summed E-state index contributed by atoms with van der Waals surface area (Å²) in [7, 11) is 0. The molecule has 0 aliphatic rings. The first kappa shape index (κ1) is 11.5. The van der Waals surface area contributed by atoms with Crippen molar-refractivity contribution in [2.45, 2.75) is 24.2 Å². The predicted octanol–water partition coefficient (Wildman–Crippen LogP) is 2.14. The Bertz CT molecular complexity index is 532. The molecule has 2 aromatic heterocycles. The van der Waals surface area contributed by atoms with E-state index in [0.29, 0.717) is 10.4 Å². The number of aromatic nitrogens is 3.